The largest absolute Gasteiger partial charge is 0.342 e. The van der Waals surface area contributed by atoms with E-state index in [0.29, 0.717) is 6.42 Å². The number of amides is 1. The summed E-state index contributed by atoms with van der Waals surface area (Å²) in [6, 6.07) is 20.7. The summed E-state index contributed by atoms with van der Waals surface area (Å²) in [5.41, 5.74) is 8.72. The van der Waals surface area contributed by atoms with Gasteiger partial charge in [-0.25, -0.2) is 0 Å². The first-order chi connectivity index (χ1) is 13.4. The summed E-state index contributed by atoms with van der Waals surface area (Å²) in [6.45, 7) is 3.48. The number of likely N-dealkylation sites (tertiary alicyclic amines) is 1. The lowest BCUT2D eigenvalue weighted by Gasteiger charge is -2.47. The van der Waals surface area contributed by atoms with Crippen LogP contribution in [0.1, 0.15) is 30.9 Å². The fourth-order valence-corrected chi connectivity index (χ4v) is 4.44. The van der Waals surface area contributed by atoms with E-state index in [1.807, 2.05) is 30.0 Å². The first kappa shape index (κ1) is 20.6. The Kier molecular flexibility index (Phi) is 6.53. The summed E-state index contributed by atoms with van der Waals surface area (Å²) < 4.78 is 0. The highest BCUT2D eigenvalue weighted by Crippen LogP contribution is 2.37. The standard InChI is InChI=1S/C24H33N3O/c1-19(25)22(18-20-10-6-4-7-11-20)23(28)27-16-14-24(15-17-27,26(2)3)21-12-8-5-9-13-21/h4-13,19,22H,14-18,25H2,1-3H3/t19-,22-/m1/s1. The molecule has 0 aliphatic carbocycles. The van der Waals surface area contributed by atoms with Gasteiger partial charge in [0, 0.05) is 24.7 Å². The minimum atomic E-state index is -0.175. The van der Waals surface area contributed by atoms with E-state index >= 15 is 0 Å². The van der Waals surface area contributed by atoms with E-state index in [1.165, 1.54) is 11.1 Å². The van der Waals surface area contributed by atoms with Gasteiger partial charge in [0.1, 0.15) is 0 Å². The van der Waals surface area contributed by atoms with Gasteiger partial charge in [-0.05, 0) is 51.4 Å². The molecule has 1 heterocycles. The summed E-state index contributed by atoms with van der Waals surface area (Å²) in [5, 5.41) is 0. The van der Waals surface area contributed by atoms with Crippen molar-refractivity contribution in [3.8, 4) is 0 Å². The number of hydrogen-bond donors (Lipinski definition) is 1. The Morgan fingerprint density at radius 1 is 1.04 bits per heavy atom. The number of nitrogens with zero attached hydrogens (tertiary/aromatic N) is 2. The van der Waals surface area contributed by atoms with Crippen molar-refractivity contribution < 1.29 is 4.79 Å². The zero-order chi connectivity index (χ0) is 20.1. The maximum Gasteiger partial charge on any atom is 0.227 e. The number of piperidine rings is 1. The van der Waals surface area contributed by atoms with E-state index in [4.69, 9.17) is 5.73 Å². The first-order valence-electron chi connectivity index (χ1n) is 10.3. The van der Waals surface area contributed by atoms with Crippen molar-refractivity contribution in [3.63, 3.8) is 0 Å². The smallest absolute Gasteiger partial charge is 0.227 e. The monoisotopic (exact) mass is 379 g/mol. The van der Waals surface area contributed by atoms with Crippen LogP contribution in [0.3, 0.4) is 0 Å². The predicted molar refractivity (Wildman–Crippen MR) is 115 cm³/mol. The van der Waals surface area contributed by atoms with E-state index in [0.717, 1.165) is 25.9 Å². The molecule has 0 bridgehead atoms. The molecule has 4 nitrogen and oxygen atoms in total. The first-order valence-corrected chi connectivity index (χ1v) is 10.3. The van der Waals surface area contributed by atoms with Crippen LogP contribution >= 0.6 is 0 Å². The fourth-order valence-electron chi connectivity index (χ4n) is 4.44. The lowest BCUT2D eigenvalue weighted by molar-refractivity contribution is -0.138. The van der Waals surface area contributed by atoms with Gasteiger partial charge >= 0.3 is 0 Å². The number of carbonyl (C=O) groups is 1. The average molecular weight is 380 g/mol. The Balaban J connectivity index is 1.72. The van der Waals surface area contributed by atoms with Gasteiger partial charge < -0.3 is 10.6 Å². The molecule has 28 heavy (non-hydrogen) atoms. The van der Waals surface area contributed by atoms with Crippen LogP contribution in [0.25, 0.3) is 0 Å². The summed E-state index contributed by atoms with van der Waals surface area (Å²) in [6.07, 6.45) is 2.57. The second-order valence-electron chi connectivity index (χ2n) is 8.27. The lowest BCUT2D eigenvalue weighted by atomic mass is 9.79. The molecule has 2 N–H and O–H groups in total. The van der Waals surface area contributed by atoms with E-state index in [9.17, 15) is 4.79 Å². The Labute approximate surface area is 169 Å². The minimum Gasteiger partial charge on any atom is -0.342 e. The topological polar surface area (TPSA) is 49.6 Å². The zero-order valence-corrected chi connectivity index (χ0v) is 17.3. The predicted octanol–water partition coefficient (Wildman–Crippen LogP) is 3.27. The second kappa shape index (κ2) is 8.89. The average Bonchev–Trinajstić information content (AvgIpc) is 2.72. The Morgan fingerprint density at radius 2 is 1.57 bits per heavy atom. The van der Waals surface area contributed by atoms with Gasteiger partial charge in [0.05, 0.1) is 5.92 Å². The molecule has 0 spiro atoms. The van der Waals surface area contributed by atoms with Crippen LogP contribution in [0.5, 0.6) is 0 Å². The number of carbonyl (C=O) groups excluding carboxylic acids is 1. The summed E-state index contributed by atoms with van der Waals surface area (Å²) in [5.74, 6) is 0.0188. The third-order valence-electron chi connectivity index (χ3n) is 6.32. The van der Waals surface area contributed by atoms with Crippen LogP contribution in [0.4, 0.5) is 0 Å². The SMILES string of the molecule is C[C@@H](N)[C@@H](Cc1ccccc1)C(=O)N1CCC(c2ccccc2)(N(C)C)CC1. The molecule has 1 aliphatic rings. The van der Waals surface area contributed by atoms with Crippen LogP contribution < -0.4 is 5.73 Å². The van der Waals surface area contributed by atoms with Gasteiger partial charge in [-0.15, -0.1) is 0 Å². The lowest BCUT2D eigenvalue weighted by Crippen LogP contribution is -2.54. The fraction of sp³-hybridized carbons (Fsp3) is 0.458. The normalized spacial score (nSPS) is 18.7. The third-order valence-corrected chi connectivity index (χ3v) is 6.32. The molecule has 2 aromatic carbocycles. The highest BCUT2D eigenvalue weighted by molar-refractivity contribution is 5.80. The van der Waals surface area contributed by atoms with Crippen molar-refractivity contribution in [2.45, 2.75) is 37.8 Å². The van der Waals surface area contributed by atoms with Crippen LogP contribution in [-0.4, -0.2) is 48.9 Å². The van der Waals surface area contributed by atoms with E-state index < -0.39 is 0 Å². The number of benzene rings is 2. The molecule has 1 amide bonds. The minimum absolute atomic E-state index is 0.0126. The van der Waals surface area contributed by atoms with Crippen molar-refractivity contribution in [3.05, 3.63) is 71.8 Å². The maximum atomic E-state index is 13.3. The van der Waals surface area contributed by atoms with E-state index in [2.05, 4.69) is 61.5 Å². The van der Waals surface area contributed by atoms with Crippen molar-refractivity contribution in [2.75, 3.05) is 27.2 Å². The molecule has 0 aromatic heterocycles. The molecule has 1 saturated heterocycles. The van der Waals surface area contributed by atoms with Gasteiger partial charge in [0.15, 0.2) is 0 Å². The van der Waals surface area contributed by atoms with Crippen molar-refractivity contribution >= 4 is 5.91 Å². The highest BCUT2D eigenvalue weighted by atomic mass is 16.2. The summed E-state index contributed by atoms with van der Waals surface area (Å²) in [7, 11) is 4.29. The van der Waals surface area contributed by atoms with Crippen molar-refractivity contribution in [2.24, 2.45) is 11.7 Å². The summed E-state index contributed by atoms with van der Waals surface area (Å²) >= 11 is 0. The third kappa shape index (κ3) is 4.29. The molecule has 0 unspecified atom stereocenters. The van der Waals surface area contributed by atoms with E-state index in [1.54, 1.807) is 0 Å². The van der Waals surface area contributed by atoms with Crippen LogP contribution in [0.15, 0.2) is 60.7 Å². The van der Waals surface area contributed by atoms with Crippen LogP contribution in [0, 0.1) is 5.92 Å². The quantitative estimate of drug-likeness (QED) is 0.838. The molecule has 0 saturated carbocycles. The molecule has 4 heteroatoms. The van der Waals surface area contributed by atoms with Gasteiger partial charge in [0.25, 0.3) is 0 Å². The van der Waals surface area contributed by atoms with Crippen molar-refractivity contribution in [1.82, 2.24) is 9.80 Å². The number of nitrogens with two attached hydrogens (primary N) is 1. The molecule has 1 aliphatic heterocycles. The molecule has 2 atom stereocenters. The zero-order valence-electron chi connectivity index (χ0n) is 17.3. The molecule has 1 fully saturated rings. The highest BCUT2D eigenvalue weighted by Gasteiger charge is 2.40. The molecular weight excluding hydrogens is 346 g/mol. The van der Waals surface area contributed by atoms with Gasteiger partial charge in [-0.3, -0.25) is 9.69 Å². The van der Waals surface area contributed by atoms with Gasteiger partial charge in [0.2, 0.25) is 5.91 Å². The van der Waals surface area contributed by atoms with E-state index in [-0.39, 0.29) is 23.4 Å². The van der Waals surface area contributed by atoms with Gasteiger partial charge in [-0.2, -0.15) is 0 Å². The Morgan fingerprint density at radius 3 is 2.07 bits per heavy atom. The number of rotatable bonds is 6. The molecule has 150 valence electrons. The Bertz CT molecular complexity index is 750. The van der Waals surface area contributed by atoms with Crippen LogP contribution in [0.2, 0.25) is 0 Å². The van der Waals surface area contributed by atoms with Crippen LogP contribution in [-0.2, 0) is 16.8 Å². The van der Waals surface area contributed by atoms with Gasteiger partial charge in [-0.1, -0.05) is 60.7 Å². The molecular formula is C24H33N3O. The maximum absolute atomic E-state index is 13.3. The number of hydrogen-bond acceptors (Lipinski definition) is 3. The van der Waals surface area contributed by atoms with Crippen molar-refractivity contribution in [1.29, 1.82) is 0 Å². The molecule has 3 rings (SSSR count). The summed E-state index contributed by atoms with van der Waals surface area (Å²) in [4.78, 5) is 17.6. The molecule has 2 aromatic rings. The Hall–Kier alpha value is -2.17. The second-order valence-corrected chi connectivity index (χ2v) is 8.27. The molecule has 0 radical (unpaired) electrons.